The maximum atomic E-state index is 10.8. The summed E-state index contributed by atoms with van der Waals surface area (Å²) >= 11 is 0. The van der Waals surface area contributed by atoms with Gasteiger partial charge in [-0.25, -0.2) is 0 Å². The first-order chi connectivity index (χ1) is 6.63. The van der Waals surface area contributed by atoms with Crippen molar-refractivity contribution in [2.75, 3.05) is 12.4 Å². The third-order valence-corrected chi connectivity index (χ3v) is 1.77. The topological polar surface area (TPSA) is 61.4 Å². The number of phenols is 1. The predicted octanol–water partition coefficient (Wildman–Crippen LogP) is 1.07. The van der Waals surface area contributed by atoms with E-state index < -0.39 is 0 Å². The molecular formula is C10H14N2O2. The molecule has 0 radical (unpaired) electrons. The standard InChI is InChI=1S/C10H14N2O2/c1-7(13)12-9-3-4-10(14)8(5-9)6-11-2/h3-5,11,14H,6H2,1-2H3,(H,12,13). The summed E-state index contributed by atoms with van der Waals surface area (Å²) in [6, 6.07) is 4.97. The average Bonchev–Trinajstić information content (AvgIpc) is 2.10. The molecule has 0 saturated carbocycles. The zero-order valence-corrected chi connectivity index (χ0v) is 8.29. The lowest BCUT2D eigenvalue weighted by molar-refractivity contribution is -0.114. The van der Waals surface area contributed by atoms with Gasteiger partial charge in [-0.15, -0.1) is 0 Å². The lowest BCUT2D eigenvalue weighted by atomic mass is 10.1. The van der Waals surface area contributed by atoms with Crippen molar-refractivity contribution in [3.05, 3.63) is 23.8 Å². The van der Waals surface area contributed by atoms with E-state index in [1.165, 1.54) is 6.92 Å². The summed E-state index contributed by atoms with van der Waals surface area (Å²) in [5.41, 5.74) is 1.46. The number of nitrogens with one attached hydrogen (secondary N) is 2. The molecule has 76 valence electrons. The van der Waals surface area contributed by atoms with Crippen LogP contribution in [0.3, 0.4) is 0 Å². The molecule has 0 aliphatic rings. The van der Waals surface area contributed by atoms with E-state index in [1.54, 1.807) is 25.2 Å². The number of hydrogen-bond acceptors (Lipinski definition) is 3. The number of carbonyl (C=O) groups is 1. The van der Waals surface area contributed by atoms with E-state index >= 15 is 0 Å². The van der Waals surface area contributed by atoms with Gasteiger partial charge < -0.3 is 15.7 Å². The van der Waals surface area contributed by atoms with Crippen molar-refractivity contribution in [3.8, 4) is 5.75 Å². The molecule has 0 aromatic heterocycles. The van der Waals surface area contributed by atoms with E-state index in [1.807, 2.05) is 0 Å². The second-order valence-electron chi connectivity index (χ2n) is 3.06. The Hall–Kier alpha value is -1.55. The smallest absolute Gasteiger partial charge is 0.221 e. The molecule has 1 rings (SSSR count). The second kappa shape index (κ2) is 4.62. The number of rotatable bonds is 3. The molecule has 0 aliphatic carbocycles. The van der Waals surface area contributed by atoms with Crippen molar-refractivity contribution in [2.24, 2.45) is 0 Å². The molecule has 3 N–H and O–H groups in total. The van der Waals surface area contributed by atoms with Crippen LogP contribution >= 0.6 is 0 Å². The molecule has 0 atom stereocenters. The molecule has 0 bridgehead atoms. The molecule has 4 nitrogen and oxygen atoms in total. The highest BCUT2D eigenvalue weighted by Crippen LogP contribution is 2.21. The zero-order chi connectivity index (χ0) is 10.6. The highest BCUT2D eigenvalue weighted by Gasteiger charge is 2.02. The minimum absolute atomic E-state index is 0.119. The highest BCUT2D eigenvalue weighted by atomic mass is 16.3. The summed E-state index contributed by atoms with van der Waals surface area (Å²) in [6.45, 7) is 2.02. The van der Waals surface area contributed by atoms with Crippen molar-refractivity contribution in [2.45, 2.75) is 13.5 Å². The Morgan fingerprint density at radius 3 is 2.79 bits per heavy atom. The van der Waals surface area contributed by atoms with Crippen LogP contribution in [-0.2, 0) is 11.3 Å². The van der Waals surface area contributed by atoms with Crippen LogP contribution in [0.15, 0.2) is 18.2 Å². The summed E-state index contributed by atoms with van der Waals surface area (Å²) < 4.78 is 0. The fraction of sp³-hybridized carbons (Fsp3) is 0.300. The summed E-state index contributed by atoms with van der Waals surface area (Å²) in [6.07, 6.45) is 0. The van der Waals surface area contributed by atoms with Crippen molar-refractivity contribution in [3.63, 3.8) is 0 Å². The Labute approximate surface area is 82.9 Å². The fourth-order valence-electron chi connectivity index (χ4n) is 1.20. The van der Waals surface area contributed by atoms with E-state index in [9.17, 15) is 9.90 Å². The van der Waals surface area contributed by atoms with Gasteiger partial charge in [-0.3, -0.25) is 4.79 Å². The summed E-state index contributed by atoms with van der Waals surface area (Å²) in [4.78, 5) is 10.8. The highest BCUT2D eigenvalue weighted by molar-refractivity contribution is 5.88. The van der Waals surface area contributed by atoms with Crippen molar-refractivity contribution in [1.29, 1.82) is 0 Å². The number of phenolic OH excluding ortho intramolecular Hbond substituents is 1. The molecule has 0 saturated heterocycles. The van der Waals surface area contributed by atoms with E-state index in [4.69, 9.17) is 0 Å². The van der Waals surface area contributed by atoms with Gasteiger partial charge in [-0.2, -0.15) is 0 Å². The van der Waals surface area contributed by atoms with Gasteiger partial charge in [-0.05, 0) is 25.2 Å². The maximum absolute atomic E-state index is 10.8. The second-order valence-corrected chi connectivity index (χ2v) is 3.06. The van der Waals surface area contributed by atoms with Gasteiger partial charge in [0, 0.05) is 24.7 Å². The van der Waals surface area contributed by atoms with Gasteiger partial charge in [0.1, 0.15) is 5.75 Å². The SMILES string of the molecule is CNCc1cc(NC(C)=O)ccc1O. The fourth-order valence-corrected chi connectivity index (χ4v) is 1.20. The van der Waals surface area contributed by atoms with Crippen LogP contribution in [0.4, 0.5) is 5.69 Å². The van der Waals surface area contributed by atoms with Crippen LogP contribution in [0.2, 0.25) is 0 Å². The Bertz CT molecular complexity index is 337. The molecule has 0 aliphatic heterocycles. The lowest BCUT2D eigenvalue weighted by Gasteiger charge is -2.07. The third kappa shape index (κ3) is 2.74. The van der Waals surface area contributed by atoms with Crippen LogP contribution in [0.5, 0.6) is 5.75 Å². The molecule has 0 spiro atoms. The number of aromatic hydroxyl groups is 1. The Balaban J connectivity index is 2.88. The lowest BCUT2D eigenvalue weighted by Crippen LogP contribution is -2.08. The largest absolute Gasteiger partial charge is 0.508 e. The van der Waals surface area contributed by atoms with Gasteiger partial charge in [0.05, 0.1) is 0 Å². The minimum atomic E-state index is -0.119. The van der Waals surface area contributed by atoms with Crippen LogP contribution < -0.4 is 10.6 Å². The summed E-state index contributed by atoms with van der Waals surface area (Å²) in [5, 5.41) is 15.0. The van der Waals surface area contributed by atoms with Gasteiger partial charge in [0.25, 0.3) is 0 Å². The number of benzene rings is 1. The normalized spacial score (nSPS) is 9.86. The first kappa shape index (κ1) is 10.5. The number of hydrogen-bond donors (Lipinski definition) is 3. The van der Waals surface area contributed by atoms with Crippen LogP contribution in [0.1, 0.15) is 12.5 Å². The monoisotopic (exact) mass is 194 g/mol. The number of amides is 1. The van der Waals surface area contributed by atoms with Crippen LogP contribution in [0, 0.1) is 0 Å². The Morgan fingerprint density at radius 1 is 1.50 bits per heavy atom. The quantitative estimate of drug-likeness (QED) is 0.631. The first-order valence-electron chi connectivity index (χ1n) is 4.37. The van der Waals surface area contributed by atoms with Crippen molar-refractivity contribution >= 4 is 11.6 Å². The molecule has 0 unspecified atom stereocenters. The van der Waals surface area contributed by atoms with Gasteiger partial charge >= 0.3 is 0 Å². The van der Waals surface area contributed by atoms with Crippen molar-refractivity contribution in [1.82, 2.24) is 5.32 Å². The number of carbonyl (C=O) groups excluding carboxylic acids is 1. The third-order valence-electron chi connectivity index (χ3n) is 1.77. The predicted molar refractivity (Wildman–Crippen MR) is 55.2 cm³/mol. The Kier molecular flexibility index (Phi) is 3.48. The molecule has 0 fully saturated rings. The molecule has 0 heterocycles. The molecule has 1 aromatic rings. The van der Waals surface area contributed by atoms with E-state index in [2.05, 4.69) is 10.6 Å². The molecular weight excluding hydrogens is 180 g/mol. The summed E-state index contributed by atoms with van der Waals surface area (Å²) in [7, 11) is 1.80. The van der Waals surface area contributed by atoms with E-state index in [-0.39, 0.29) is 11.7 Å². The van der Waals surface area contributed by atoms with Crippen molar-refractivity contribution < 1.29 is 9.90 Å². The average molecular weight is 194 g/mol. The zero-order valence-electron chi connectivity index (χ0n) is 8.29. The van der Waals surface area contributed by atoms with Crippen LogP contribution in [-0.4, -0.2) is 18.1 Å². The van der Waals surface area contributed by atoms with Gasteiger partial charge in [0.2, 0.25) is 5.91 Å². The molecule has 14 heavy (non-hydrogen) atoms. The number of anilines is 1. The van der Waals surface area contributed by atoms with Crippen LogP contribution in [0.25, 0.3) is 0 Å². The summed E-state index contributed by atoms with van der Waals surface area (Å²) in [5.74, 6) is 0.111. The van der Waals surface area contributed by atoms with E-state index in [0.29, 0.717) is 12.2 Å². The first-order valence-corrected chi connectivity index (χ1v) is 4.37. The molecule has 4 heteroatoms. The minimum Gasteiger partial charge on any atom is -0.508 e. The molecule has 1 amide bonds. The van der Waals surface area contributed by atoms with Gasteiger partial charge in [0.15, 0.2) is 0 Å². The molecule has 1 aromatic carbocycles. The van der Waals surface area contributed by atoms with Gasteiger partial charge in [-0.1, -0.05) is 0 Å². The maximum Gasteiger partial charge on any atom is 0.221 e. The Morgan fingerprint density at radius 2 is 2.21 bits per heavy atom. The van der Waals surface area contributed by atoms with E-state index in [0.717, 1.165) is 5.56 Å².